The van der Waals surface area contributed by atoms with E-state index in [1.54, 1.807) is 6.07 Å². The average Bonchev–Trinajstić information content (AvgIpc) is 2.70. The third-order valence-corrected chi connectivity index (χ3v) is 5.52. The lowest BCUT2D eigenvalue weighted by atomic mass is 10.1. The van der Waals surface area contributed by atoms with Crippen molar-refractivity contribution in [3.05, 3.63) is 49.6 Å². The van der Waals surface area contributed by atoms with E-state index in [4.69, 9.17) is 23.2 Å². The van der Waals surface area contributed by atoms with E-state index in [1.807, 2.05) is 12.1 Å². The fourth-order valence-corrected chi connectivity index (χ4v) is 4.13. The second-order valence-corrected chi connectivity index (χ2v) is 7.45. The van der Waals surface area contributed by atoms with Crippen molar-refractivity contribution < 1.29 is 4.79 Å². The fourth-order valence-electron chi connectivity index (χ4n) is 1.63. The van der Waals surface area contributed by atoms with E-state index in [0.717, 1.165) is 4.90 Å². The van der Waals surface area contributed by atoms with Gasteiger partial charge in [0.2, 0.25) is 0 Å². The van der Waals surface area contributed by atoms with Gasteiger partial charge in [-0.05, 0) is 37.1 Å². The summed E-state index contributed by atoms with van der Waals surface area (Å²) in [5.41, 5.74) is 2.97. The van der Waals surface area contributed by atoms with Gasteiger partial charge in [0.1, 0.15) is 4.34 Å². The Morgan fingerprint density at radius 1 is 1.32 bits per heavy atom. The molecule has 0 N–H and O–H groups in total. The SMILES string of the molecule is Cc1cccc(SCC(=O)c2cc(Cl)sc2Cl)c1C. The number of aryl methyl sites for hydroxylation is 1. The van der Waals surface area contributed by atoms with Gasteiger partial charge >= 0.3 is 0 Å². The Hall–Kier alpha value is -0.480. The highest BCUT2D eigenvalue weighted by Gasteiger charge is 2.15. The zero-order valence-corrected chi connectivity index (χ0v) is 13.6. The number of carbonyl (C=O) groups is 1. The number of hydrogen-bond acceptors (Lipinski definition) is 3. The van der Waals surface area contributed by atoms with E-state index in [-0.39, 0.29) is 5.78 Å². The van der Waals surface area contributed by atoms with Gasteiger partial charge in [0.25, 0.3) is 0 Å². The second kappa shape index (κ2) is 6.31. The Morgan fingerprint density at radius 3 is 2.68 bits per heavy atom. The summed E-state index contributed by atoms with van der Waals surface area (Å²) in [7, 11) is 0. The van der Waals surface area contributed by atoms with E-state index in [9.17, 15) is 4.79 Å². The highest BCUT2D eigenvalue weighted by Crippen LogP contribution is 2.33. The molecule has 0 bridgehead atoms. The lowest BCUT2D eigenvalue weighted by Crippen LogP contribution is -2.01. The molecule has 2 rings (SSSR count). The number of benzene rings is 1. The summed E-state index contributed by atoms with van der Waals surface area (Å²) < 4.78 is 1.02. The summed E-state index contributed by atoms with van der Waals surface area (Å²) in [5.74, 6) is 0.385. The van der Waals surface area contributed by atoms with Crippen LogP contribution < -0.4 is 0 Å². The van der Waals surface area contributed by atoms with E-state index < -0.39 is 0 Å². The smallest absolute Gasteiger partial charge is 0.175 e. The predicted octanol–water partition coefficient (Wildman–Crippen LogP) is 5.65. The number of ketones is 1. The summed E-state index contributed by atoms with van der Waals surface area (Å²) >= 11 is 14.6. The van der Waals surface area contributed by atoms with Crippen LogP contribution in [0, 0.1) is 13.8 Å². The third kappa shape index (κ3) is 3.54. The normalized spacial score (nSPS) is 10.7. The van der Waals surface area contributed by atoms with Crippen LogP contribution in [0.3, 0.4) is 0 Å². The summed E-state index contributed by atoms with van der Waals surface area (Å²) in [6, 6.07) is 7.74. The van der Waals surface area contributed by atoms with Crippen molar-refractivity contribution in [3.63, 3.8) is 0 Å². The van der Waals surface area contributed by atoms with Crippen LogP contribution in [0.25, 0.3) is 0 Å². The van der Waals surface area contributed by atoms with Crippen LogP contribution in [0.15, 0.2) is 29.2 Å². The molecular weight excluding hydrogens is 319 g/mol. The van der Waals surface area contributed by atoms with Crippen LogP contribution >= 0.6 is 46.3 Å². The Kier molecular flexibility index (Phi) is 4.96. The van der Waals surface area contributed by atoms with Crippen LogP contribution in [-0.4, -0.2) is 11.5 Å². The van der Waals surface area contributed by atoms with Crippen LogP contribution in [0.2, 0.25) is 8.67 Å². The third-order valence-electron chi connectivity index (χ3n) is 2.87. The molecule has 0 radical (unpaired) electrons. The van der Waals surface area contributed by atoms with E-state index in [1.165, 1.54) is 34.2 Å². The van der Waals surface area contributed by atoms with Gasteiger partial charge < -0.3 is 0 Å². The first kappa shape index (κ1) is 14.9. The Balaban J connectivity index is 2.09. The number of thiophene rings is 1. The first-order valence-corrected chi connectivity index (χ1v) is 8.22. The molecule has 19 heavy (non-hydrogen) atoms. The molecule has 0 aliphatic rings. The van der Waals surface area contributed by atoms with Crippen molar-refractivity contribution in [2.24, 2.45) is 0 Å². The predicted molar refractivity (Wildman–Crippen MR) is 85.3 cm³/mol. The highest BCUT2D eigenvalue weighted by atomic mass is 35.5. The van der Waals surface area contributed by atoms with Crippen molar-refractivity contribution in [1.82, 2.24) is 0 Å². The number of rotatable bonds is 4. The highest BCUT2D eigenvalue weighted by molar-refractivity contribution is 8.00. The van der Waals surface area contributed by atoms with E-state index >= 15 is 0 Å². The average molecular weight is 331 g/mol. The van der Waals surface area contributed by atoms with Crippen LogP contribution in [0.4, 0.5) is 0 Å². The maximum atomic E-state index is 12.1. The molecule has 100 valence electrons. The van der Waals surface area contributed by atoms with Crippen LogP contribution in [0.5, 0.6) is 0 Å². The van der Waals surface area contributed by atoms with Crippen molar-refractivity contribution >= 4 is 52.1 Å². The second-order valence-electron chi connectivity index (χ2n) is 4.15. The minimum atomic E-state index is 0.0130. The first-order chi connectivity index (χ1) is 8.99. The lowest BCUT2D eigenvalue weighted by molar-refractivity contribution is 0.102. The molecule has 1 aromatic carbocycles. The lowest BCUT2D eigenvalue weighted by Gasteiger charge is -2.07. The largest absolute Gasteiger partial charge is 0.293 e. The number of Topliss-reactive ketones (excluding diaryl/α,β-unsaturated/α-hetero) is 1. The van der Waals surface area contributed by atoms with Gasteiger partial charge in [0, 0.05) is 10.5 Å². The Morgan fingerprint density at radius 2 is 2.05 bits per heavy atom. The number of thioether (sulfide) groups is 1. The summed E-state index contributed by atoms with van der Waals surface area (Å²) in [5, 5.41) is 0. The van der Waals surface area contributed by atoms with E-state index in [0.29, 0.717) is 20.0 Å². The van der Waals surface area contributed by atoms with Crippen molar-refractivity contribution in [2.45, 2.75) is 18.7 Å². The molecule has 2 aromatic rings. The molecule has 0 saturated carbocycles. The Bertz CT molecular complexity index is 620. The monoisotopic (exact) mass is 330 g/mol. The molecule has 0 atom stereocenters. The zero-order valence-electron chi connectivity index (χ0n) is 10.5. The number of carbonyl (C=O) groups excluding carboxylic acids is 1. The van der Waals surface area contributed by atoms with Crippen LogP contribution in [-0.2, 0) is 0 Å². The van der Waals surface area contributed by atoms with Crippen LogP contribution in [0.1, 0.15) is 21.5 Å². The van der Waals surface area contributed by atoms with Crippen molar-refractivity contribution in [3.8, 4) is 0 Å². The molecule has 0 saturated heterocycles. The minimum absolute atomic E-state index is 0.0130. The Labute approximate surface area is 130 Å². The topological polar surface area (TPSA) is 17.1 Å². The molecular formula is C14H12Cl2OS2. The van der Waals surface area contributed by atoms with Gasteiger partial charge in [-0.15, -0.1) is 23.1 Å². The molecule has 0 spiro atoms. The van der Waals surface area contributed by atoms with Crippen molar-refractivity contribution in [1.29, 1.82) is 0 Å². The fraction of sp³-hybridized carbons (Fsp3) is 0.214. The van der Waals surface area contributed by atoms with Gasteiger partial charge in [-0.3, -0.25) is 4.79 Å². The standard InChI is InChI=1S/C14H12Cl2OS2/c1-8-4-3-5-12(9(8)2)18-7-11(17)10-6-13(15)19-14(10)16/h3-6H,7H2,1-2H3. The summed E-state index contributed by atoms with van der Waals surface area (Å²) in [6.07, 6.45) is 0. The van der Waals surface area contributed by atoms with Gasteiger partial charge in [-0.2, -0.15) is 0 Å². The quantitative estimate of drug-likeness (QED) is 0.532. The number of halogens is 2. The summed E-state index contributed by atoms with van der Waals surface area (Å²) in [4.78, 5) is 13.2. The maximum absolute atomic E-state index is 12.1. The van der Waals surface area contributed by atoms with E-state index in [2.05, 4.69) is 19.9 Å². The van der Waals surface area contributed by atoms with Gasteiger partial charge in [0.15, 0.2) is 5.78 Å². The molecule has 1 heterocycles. The molecule has 0 amide bonds. The minimum Gasteiger partial charge on any atom is -0.293 e. The van der Waals surface area contributed by atoms with Gasteiger partial charge in [-0.25, -0.2) is 0 Å². The molecule has 0 fully saturated rings. The van der Waals surface area contributed by atoms with Crippen molar-refractivity contribution in [2.75, 3.05) is 5.75 Å². The molecule has 0 aliphatic heterocycles. The number of hydrogen-bond donors (Lipinski definition) is 0. The maximum Gasteiger partial charge on any atom is 0.175 e. The zero-order chi connectivity index (χ0) is 14.0. The van der Waals surface area contributed by atoms with Gasteiger partial charge in [-0.1, -0.05) is 35.3 Å². The molecule has 0 unspecified atom stereocenters. The summed E-state index contributed by atoms with van der Waals surface area (Å²) in [6.45, 7) is 4.13. The molecule has 1 nitrogen and oxygen atoms in total. The first-order valence-electron chi connectivity index (χ1n) is 5.66. The molecule has 0 aliphatic carbocycles. The van der Waals surface area contributed by atoms with Gasteiger partial charge in [0.05, 0.1) is 10.1 Å². The molecule has 5 heteroatoms. The molecule has 1 aromatic heterocycles.